The van der Waals surface area contributed by atoms with Crippen molar-refractivity contribution >= 4 is 12.0 Å². The third-order valence-electron chi connectivity index (χ3n) is 2.27. The van der Waals surface area contributed by atoms with E-state index in [1.54, 1.807) is 0 Å². The molecule has 0 aromatic heterocycles. The van der Waals surface area contributed by atoms with Crippen LogP contribution >= 0.6 is 0 Å². The van der Waals surface area contributed by atoms with Crippen LogP contribution < -0.4 is 5.32 Å². The smallest absolute Gasteiger partial charge is 0.406 e. The Hall–Kier alpha value is -1.47. The van der Waals surface area contributed by atoms with Gasteiger partial charge in [0.2, 0.25) is 0 Å². The first-order valence-corrected chi connectivity index (χ1v) is 5.42. The van der Waals surface area contributed by atoms with E-state index < -0.39 is 30.6 Å². The van der Waals surface area contributed by atoms with Crippen molar-refractivity contribution in [2.75, 3.05) is 20.1 Å². The van der Waals surface area contributed by atoms with E-state index in [0.29, 0.717) is 17.7 Å². The molecule has 0 aliphatic carbocycles. The average Bonchev–Trinajstić information content (AvgIpc) is 2.20. The number of nitrogens with zero attached hydrogens (tertiary/aromatic N) is 1. The average molecular weight is 270 g/mol. The monoisotopic (exact) mass is 270 g/mol. The molecule has 0 bridgehead atoms. The molecule has 0 aromatic rings. The molecule has 0 aliphatic rings. The lowest BCUT2D eigenvalue weighted by Gasteiger charge is -2.19. The van der Waals surface area contributed by atoms with Crippen LogP contribution in [0.1, 0.15) is 19.8 Å². The first-order chi connectivity index (χ1) is 8.13. The van der Waals surface area contributed by atoms with Crippen molar-refractivity contribution in [1.29, 1.82) is 0 Å². The first-order valence-electron chi connectivity index (χ1n) is 5.42. The Morgan fingerprint density at radius 3 is 2.39 bits per heavy atom. The Morgan fingerprint density at radius 1 is 1.39 bits per heavy atom. The quantitative estimate of drug-likeness (QED) is 0.722. The van der Waals surface area contributed by atoms with Crippen LogP contribution in [0.5, 0.6) is 0 Å². The van der Waals surface area contributed by atoms with Gasteiger partial charge in [0.1, 0.15) is 6.54 Å². The second kappa shape index (κ2) is 7.07. The molecule has 8 heteroatoms. The zero-order chi connectivity index (χ0) is 14.3. The van der Waals surface area contributed by atoms with E-state index >= 15 is 0 Å². The van der Waals surface area contributed by atoms with Gasteiger partial charge < -0.3 is 15.3 Å². The molecule has 1 atom stereocenters. The number of carbonyl (C=O) groups is 2. The molecule has 2 amide bonds. The Bertz CT molecular complexity index is 295. The standard InChI is InChI=1S/C10H17F3N2O3/c1-7(8(16)17)4-3-5-14-9(18)15(2)6-10(11,12)13/h7H,3-6H2,1-2H3,(H,14,18)(H,16,17). The molecule has 0 rings (SSSR count). The van der Waals surface area contributed by atoms with Crippen molar-refractivity contribution in [3.05, 3.63) is 0 Å². The number of nitrogens with one attached hydrogen (secondary N) is 1. The van der Waals surface area contributed by atoms with Crippen LogP contribution in [0.15, 0.2) is 0 Å². The Kier molecular flexibility index (Phi) is 6.50. The van der Waals surface area contributed by atoms with E-state index in [-0.39, 0.29) is 6.54 Å². The van der Waals surface area contributed by atoms with Gasteiger partial charge in [-0.15, -0.1) is 0 Å². The number of urea groups is 1. The maximum atomic E-state index is 12.0. The summed E-state index contributed by atoms with van der Waals surface area (Å²) in [4.78, 5) is 22.2. The number of carbonyl (C=O) groups excluding carboxylic acids is 1. The van der Waals surface area contributed by atoms with Gasteiger partial charge in [-0.1, -0.05) is 6.92 Å². The molecule has 0 saturated carbocycles. The molecule has 0 radical (unpaired) electrons. The lowest BCUT2D eigenvalue weighted by molar-refractivity contribution is -0.141. The normalized spacial score (nSPS) is 12.9. The largest absolute Gasteiger partial charge is 0.481 e. The molecular weight excluding hydrogens is 253 g/mol. The number of carboxylic acid groups (broad SMARTS) is 1. The van der Waals surface area contributed by atoms with Crippen LogP contribution in [-0.4, -0.2) is 48.3 Å². The molecule has 5 nitrogen and oxygen atoms in total. The van der Waals surface area contributed by atoms with Gasteiger partial charge >= 0.3 is 18.2 Å². The van der Waals surface area contributed by atoms with E-state index in [4.69, 9.17) is 5.11 Å². The lowest BCUT2D eigenvalue weighted by Crippen LogP contribution is -2.42. The number of hydrogen-bond acceptors (Lipinski definition) is 2. The summed E-state index contributed by atoms with van der Waals surface area (Å²) in [5.74, 6) is -1.47. The van der Waals surface area contributed by atoms with Gasteiger partial charge in [-0.3, -0.25) is 4.79 Å². The van der Waals surface area contributed by atoms with E-state index in [0.717, 1.165) is 7.05 Å². The lowest BCUT2D eigenvalue weighted by atomic mass is 10.1. The van der Waals surface area contributed by atoms with Gasteiger partial charge in [-0.2, -0.15) is 13.2 Å². The molecule has 0 spiro atoms. The third-order valence-corrected chi connectivity index (χ3v) is 2.27. The summed E-state index contributed by atoms with van der Waals surface area (Å²) in [6, 6.07) is -0.824. The van der Waals surface area contributed by atoms with Gasteiger partial charge in [0.25, 0.3) is 0 Å². The van der Waals surface area contributed by atoms with Crippen molar-refractivity contribution in [3.63, 3.8) is 0 Å². The molecule has 2 N–H and O–H groups in total. The molecule has 1 unspecified atom stereocenters. The summed E-state index contributed by atoms with van der Waals surface area (Å²) >= 11 is 0. The fourth-order valence-corrected chi connectivity index (χ4v) is 1.20. The summed E-state index contributed by atoms with van der Waals surface area (Å²) in [5.41, 5.74) is 0. The van der Waals surface area contributed by atoms with E-state index in [2.05, 4.69) is 5.32 Å². The van der Waals surface area contributed by atoms with Crippen molar-refractivity contribution < 1.29 is 27.9 Å². The SMILES string of the molecule is CC(CCCNC(=O)N(C)CC(F)(F)F)C(=O)O. The molecule has 18 heavy (non-hydrogen) atoms. The molecule has 0 saturated heterocycles. The van der Waals surface area contributed by atoms with Gasteiger partial charge in [0, 0.05) is 13.6 Å². The summed E-state index contributed by atoms with van der Waals surface area (Å²) in [6.07, 6.45) is -3.67. The second-order valence-corrected chi connectivity index (χ2v) is 4.08. The van der Waals surface area contributed by atoms with Crippen LogP contribution in [0.2, 0.25) is 0 Å². The molecule has 106 valence electrons. The van der Waals surface area contributed by atoms with Gasteiger partial charge in [0.15, 0.2) is 0 Å². The summed E-state index contributed by atoms with van der Waals surface area (Å²) in [6.45, 7) is 0.364. The van der Waals surface area contributed by atoms with Crippen LogP contribution in [0, 0.1) is 5.92 Å². The molecular formula is C10H17F3N2O3. The minimum atomic E-state index is -4.43. The first kappa shape index (κ1) is 16.5. The number of halogens is 3. The van der Waals surface area contributed by atoms with Crippen molar-refractivity contribution in [2.45, 2.75) is 25.9 Å². The Morgan fingerprint density at radius 2 is 1.94 bits per heavy atom. The number of rotatable bonds is 6. The highest BCUT2D eigenvalue weighted by Gasteiger charge is 2.31. The molecule has 0 aromatic carbocycles. The number of hydrogen-bond donors (Lipinski definition) is 2. The topological polar surface area (TPSA) is 69.6 Å². The molecule has 0 aliphatic heterocycles. The highest BCUT2D eigenvalue weighted by molar-refractivity contribution is 5.73. The third kappa shape index (κ3) is 7.75. The van der Waals surface area contributed by atoms with Crippen LogP contribution in [-0.2, 0) is 4.79 Å². The zero-order valence-electron chi connectivity index (χ0n) is 10.3. The van der Waals surface area contributed by atoms with Crippen LogP contribution in [0.4, 0.5) is 18.0 Å². The Balaban J connectivity index is 3.80. The molecule has 0 fully saturated rings. The minimum Gasteiger partial charge on any atom is -0.481 e. The van der Waals surface area contributed by atoms with Gasteiger partial charge in [-0.05, 0) is 12.8 Å². The number of amides is 2. The van der Waals surface area contributed by atoms with E-state index in [1.807, 2.05) is 0 Å². The fourth-order valence-electron chi connectivity index (χ4n) is 1.20. The van der Waals surface area contributed by atoms with Crippen LogP contribution in [0.3, 0.4) is 0 Å². The highest BCUT2D eigenvalue weighted by atomic mass is 19.4. The summed E-state index contributed by atoms with van der Waals surface area (Å²) < 4.78 is 35.9. The van der Waals surface area contributed by atoms with Gasteiger partial charge in [-0.25, -0.2) is 4.79 Å². The maximum Gasteiger partial charge on any atom is 0.406 e. The Labute approximate surface area is 103 Å². The molecule has 0 heterocycles. The van der Waals surface area contributed by atoms with E-state index in [9.17, 15) is 22.8 Å². The fraction of sp³-hybridized carbons (Fsp3) is 0.800. The van der Waals surface area contributed by atoms with Gasteiger partial charge in [0.05, 0.1) is 5.92 Å². The number of alkyl halides is 3. The summed E-state index contributed by atoms with van der Waals surface area (Å²) in [7, 11) is 1.04. The van der Waals surface area contributed by atoms with Crippen LogP contribution in [0.25, 0.3) is 0 Å². The number of carboxylic acids is 1. The van der Waals surface area contributed by atoms with Crippen molar-refractivity contribution in [3.8, 4) is 0 Å². The second-order valence-electron chi connectivity index (χ2n) is 4.08. The zero-order valence-corrected chi connectivity index (χ0v) is 10.3. The predicted octanol–water partition coefficient (Wildman–Crippen LogP) is 1.69. The van der Waals surface area contributed by atoms with Crippen molar-refractivity contribution in [2.24, 2.45) is 5.92 Å². The highest BCUT2D eigenvalue weighted by Crippen LogP contribution is 2.15. The predicted molar refractivity (Wildman–Crippen MR) is 58.1 cm³/mol. The summed E-state index contributed by atoms with van der Waals surface area (Å²) in [5, 5.41) is 10.9. The number of aliphatic carboxylic acids is 1. The van der Waals surface area contributed by atoms with E-state index in [1.165, 1.54) is 6.92 Å². The van der Waals surface area contributed by atoms with Crippen molar-refractivity contribution in [1.82, 2.24) is 10.2 Å². The maximum absolute atomic E-state index is 12.0. The minimum absolute atomic E-state index is 0.151.